The van der Waals surface area contributed by atoms with Gasteiger partial charge in [0.25, 0.3) is 0 Å². The van der Waals surface area contributed by atoms with Crippen LogP contribution in [0.15, 0.2) is 30.5 Å². The molecule has 2 aromatic rings. The molecule has 2 rings (SSSR count). The van der Waals surface area contributed by atoms with Crippen molar-refractivity contribution in [3.8, 4) is 0 Å². The summed E-state index contributed by atoms with van der Waals surface area (Å²) in [7, 11) is 4.03. The largest absolute Gasteiger partial charge is 0.428 e. The van der Waals surface area contributed by atoms with Gasteiger partial charge < -0.3 is 10.1 Å². The molecule has 0 unspecified atom stereocenters. The number of benzene rings is 1. The summed E-state index contributed by atoms with van der Waals surface area (Å²) in [5.74, 6) is 0. The summed E-state index contributed by atoms with van der Waals surface area (Å²) in [6.45, 7) is 0.841. The van der Waals surface area contributed by atoms with Gasteiger partial charge in [-0.15, -0.1) is 0 Å². The molecular weight excluding hydrogens is 176 g/mol. The maximum absolute atomic E-state index is 9.60. The van der Waals surface area contributed by atoms with Crippen LogP contribution in [0.4, 0.5) is 0 Å². The van der Waals surface area contributed by atoms with Gasteiger partial charge in [0, 0.05) is 18.1 Å². The molecule has 74 valence electrons. The fraction of sp³-hybridized carbons (Fsp3) is 0.273. The van der Waals surface area contributed by atoms with E-state index in [1.54, 1.807) is 6.20 Å². The summed E-state index contributed by atoms with van der Waals surface area (Å²) in [6, 6.07) is 7.85. The Morgan fingerprint density at radius 1 is 1.29 bits per heavy atom. The Labute approximate surface area is 83.1 Å². The van der Waals surface area contributed by atoms with E-state index in [4.69, 9.17) is 0 Å². The molecule has 0 fully saturated rings. The Hall–Kier alpha value is -1.48. The predicted molar refractivity (Wildman–Crippen MR) is 56.5 cm³/mol. The summed E-state index contributed by atoms with van der Waals surface area (Å²) < 4.78 is 1.19. The molecule has 3 nitrogen and oxygen atoms in total. The van der Waals surface area contributed by atoms with Crippen molar-refractivity contribution in [1.82, 2.24) is 9.63 Å². The van der Waals surface area contributed by atoms with E-state index in [9.17, 15) is 5.21 Å². The van der Waals surface area contributed by atoms with Crippen molar-refractivity contribution in [2.45, 2.75) is 6.54 Å². The van der Waals surface area contributed by atoms with Gasteiger partial charge in [0.05, 0.1) is 5.52 Å². The highest BCUT2D eigenvalue weighted by molar-refractivity contribution is 5.83. The Kier molecular flexibility index (Phi) is 2.17. The van der Waals surface area contributed by atoms with Crippen LogP contribution in [0.2, 0.25) is 0 Å². The lowest BCUT2D eigenvalue weighted by atomic mass is 10.2. The molecule has 0 amide bonds. The quantitative estimate of drug-likeness (QED) is 0.733. The van der Waals surface area contributed by atoms with Crippen LogP contribution in [-0.2, 0) is 6.54 Å². The van der Waals surface area contributed by atoms with Crippen molar-refractivity contribution >= 4 is 10.9 Å². The SMILES string of the molecule is CN(C)Cc1cn(O)c2ccccc12. The van der Waals surface area contributed by atoms with Gasteiger partial charge in [-0.3, -0.25) is 0 Å². The zero-order valence-electron chi connectivity index (χ0n) is 8.44. The molecule has 0 saturated heterocycles. The maximum Gasteiger partial charge on any atom is 0.0868 e. The minimum absolute atomic E-state index is 0.841. The Morgan fingerprint density at radius 3 is 2.71 bits per heavy atom. The van der Waals surface area contributed by atoms with Crippen molar-refractivity contribution < 1.29 is 5.21 Å². The topological polar surface area (TPSA) is 28.4 Å². The van der Waals surface area contributed by atoms with E-state index < -0.39 is 0 Å². The van der Waals surface area contributed by atoms with Gasteiger partial charge in [0.2, 0.25) is 0 Å². The Morgan fingerprint density at radius 2 is 2.00 bits per heavy atom. The van der Waals surface area contributed by atoms with Gasteiger partial charge in [-0.05, 0) is 25.7 Å². The standard InChI is InChI=1S/C11H14N2O/c1-12(2)7-9-8-13(14)11-6-4-3-5-10(9)11/h3-6,8,14H,7H2,1-2H3. The third kappa shape index (κ3) is 1.46. The van der Waals surface area contributed by atoms with E-state index >= 15 is 0 Å². The molecule has 0 radical (unpaired) electrons. The molecule has 14 heavy (non-hydrogen) atoms. The van der Waals surface area contributed by atoms with Crippen LogP contribution >= 0.6 is 0 Å². The van der Waals surface area contributed by atoms with Crippen LogP contribution in [0.5, 0.6) is 0 Å². The molecule has 0 aliphatic rings. The van der Waals surface area contributed by atoms with Gasteiger partial charge in [0.1, 0.15) is 0 Å². The minimum Gasteiger partial charge on any atom is -0.428 e. The molecule has 0 aliphatic carbocycles. The molecular formula is C11H14N2O. The smallest absolute Gasteiger partial charge is 0.0868 e. The molecule has 0 atom stereocenters. The van der Waals surface area contributed by atoms with Crippen molar-refractivity contribution in [3.05, 3.63) is 36.0 Å². The molecule has 0 aliphatic heterocycles. The molecule has 1 aromatic carbocycles. The zero-order chi connectivity index (χ0) is 10.1. The molecule has 3 heteroatoms. The first-order chi connectivity index (χ1) is 6.68. The minimum atomic E-state index is 0.841. The highest BCUT2D eigenvalue weighted by atomic mass is 16.5. The van der Waals surface area contributed by atoms with E-state index in [0.29, 0.717) is 0 Å². The predicted octanol–water partition coefficient (Wildman–Crippen LogP) is 1.94. The fourth-order valence-electron chi connectivity index (χ4n) is 1.70. The van der Waals surface area contributed by atoms with E-state index in [1.165, 1.54) is 4.73 Å². The second-order valence-electron chi connectivity index (χ2n) is 3.75. The lowest BCUT2D eigenvalue weighted by molar-refractivity contribution is 0.199. The van der Waals surface area contributed by atoms with Crippen LogP contribution in [0.1, 0.15) is 5.56 Å². The monoisotopic (exact) mass is 190 g/mol. The Bertz CT molecular complexity index is 445. The molecule has 0 spiro atoms. The van der Waals surface area contributed by atoms with Crippen LogP contribution in [-0.4, -0.2) is 28.9 Å². The first-order valence-electron chi connectivity index (χ1n) is 4.61. The number of aromatic nitrogens is 1. The van der Waals surface area contributed by atoms with Gasteiger partial charge in [-0.2, -0.15) is 4.73 Å². The number of rotatable bonds is 2. The average Bonchev–Trinajstić information content (AvgIpc) is 2.44. The van der Waals surface area contributed by atoms with Gasteiger partial charge >= 0.3 is 0 Å². The lowest BCUT2D eigenvalue weighted by Crippen LogP contribution is -2.10. The van der Waals surface area contributed by atoms with E-state index in [0.717, 1.165) is 23.0 Å². The van der Waals surface area contributed by atoms with Crippen molar-refractivity contribution in [1.29, 1.82) is 0 Å². The lowest BCUT2D eigenvalue weighted by Gasteiger charge is -2.07. The molecule has 1 aromatic heterocycles. The van der Waals surface area contributed by atoms with Gasteiger partial charge in [-0.25, -0.2) is 0 Å². The van der Waals surface area contributed by atoms with Crippen LogP contribution in [0.3, 0.4) is 0 Å². The number of hydrogen-bond donors (Lipinski definition) is 1. The number of nitrogens with zero attached hydrogens (tertiary/aromatic N) is 2. The maximum atomic E-state index is 9.60. The van der Waals surface area contributed by atoms with Crippen LogP contribution < -0.4 is 0 Å². The normalized spacial score (nSPS) is 11.4. The summed E-state index contributed by atoms with van der Waals surface area (Å²) >= 11 is 0. The third-order valence-corrected chi connectivity index (χ3v) is 2.26. The summed E-state index contributed by atoms with van der Waals surface area (Å²) in [5, 5.41) is 10.7. The van der Waals surface area contributed by atoms with Gasteiger partial charge in [-0.1, -0.05) is 18.2 Å². The third-order valence-electron chi connectivity index (χ3n) is 2.26. The first kappa shape index (κ1) is 9.09. The second kappa shape index (κ2) is 3.35. The van der Waals surface area contributed by atoms with E-state index in [2.05, 4.69) is 4.90 Å². The van der Waals surface area contributed by atoms with E-state index in [1.807, 2.05) is 38.4 Å². The van der Waals surface area contributed by atoms with Crippen molar-refractivity contribution in [2.24, 2.45) is 0 Å². The highest BCUT2D eigenvalue weighted by Crippen LogP contribution is 2.20. The number of para-hydroxylation sites is 1. The number of hydrogen-bond acceptors (Lipinski definition) is 2. The van der Waals surface area contributed by atoms with Gasteiger partial charge in [0.15, 0.2) is 0 Å². The van der Waals surface area contributed by atoms with Crippen molar-refractivity contribution in [2.75, 3.05) is 14.1 Å². The molecule has 0 bridgehead atoms. The zero-order valence-corrected chi connectivity index (χ0v) is 8.44. The summed E-state index contributed by atoms with van der Waals surface area (Å²) in [4.78, 5) is 2.09. The highest BCUT2D eigenvalue weighted by Gasteiger charge is 2.07. The summed E-state index contributed by atoms with van der Waals surface area (Å²) in [5.41, 5.74) is 2.01. The molecule has 1 heterocycles. The average molecular weight is 190 g/mol. The van der Waals surface area contributed by atoms with E-state index in [-0.39, 0.29) is 0 Å². The van der Waals surface area contributed by atoms with Crippen LogP contribution in [0, 0.1) is 0 Å². The molecule has 1 N–H and O–H groups in total. The second-order valence-corrected chi connectivity index (χ2v) is 3.75. The van der Waals surface area contributed by atoms with Crippen molar-refractivity contribution in [3.63, 3.8) is 0 Å². The Balaban J connectivity index is 2.55. The first-order valence-corrected chi connectivity index (χ1v) is 4.61. The summed E-state index contributed by atoms with van der Waals surface area (Å²) in [6.07, 6.45) is 1.77. The fourth-order valence-corrected chi connectivity index (χ4v) is 1.70. The number of fused-ring (bicyclic) bond motifs is 1. The molecule has 0 saturated carbocycles. The van der Waals surface area contributed by atoms with Crippen LogP contribution in [0.25, 0.3) is 10.9 Å².